The lowest BCUT2D eigenvalue weighted by molar-refractivity contribution is -0.137. The number of nitrogens with zero attached hydrogens (tertiary/aromatic N) is 5. The first-order valence-electron chi connectivity index (χ1n) is 10.2. The van der Waals surface area contributed by atoms with Crippen molar-refractivity contribution < 1.29 is 17.9 Å². The fourth-order valence-corrected chi connectivity index (χ4v) is 4.65. The van der Waals surface area contributed by atoms with Crippen molar-refractivity contribution in [2.45, 2.75) is 37.9 Å². The summed E-state index contributed by atoms with van der Waals surface area (Å²) < 4.78 is 46.7. The highest BCUT2D eigenvalue weighted by Gasteiger charge is 2.39. The maximum absolute atomic E-state index is 13.7. The highest BCUT2D eigenvalue weighted by molar-refractivity contribution is 5.72. The summed E-state index contributed by atoms with van der Waals surface area (Å²) in [5.41, 5.74) is 5.57. The van der Waals surface area contributed by atoms with Crippen LogP contribution in [-0.2, 0) is 17.3 Å². The molecule has 5 heterocycles. The number of alkyl halides is 3. The van der Waals surface area contributed by atoms with Crippen LogP contribution in [0.15, 0.2) is 12.3 Å². The first kappa shape index (κ1) is 19.3. The van der Waals surface area contributed by atoms with Gasteiger partial charge in [0.1, 0.15) is 17.5 Å². The summed E-state index contributed by atoms with van der Waals surface area (Å²) in [6, 6.07) is 1.19. The van der Waals surface area contributed by atoms with Crippen molar-refractivity contribution >= 4 is 17.5 Å². The Hall–Kier alpha value is -2.62. The Morgan fingerprint density at radius 1 is 1.07 bits per heavy atom. The third-order valence-electron chi connectivity index (χ3n) is 6.08. The van der Waals surface area contributed by atoms with E-state index in [-0.39, 0.29) is 17.2 Å². The number of pyridine rings is 1. The second-order valence-electron chi connectivity index (χ2n) is 7.97. The van der Waals surface area contributed by atoms with Crippen LogP contribution in [0.25, 0.3) is 11.4 Å². The van der Waals surface area contributed by atoms with Crippen LogP contribution in [0.1, 0.15) is 30.4 Å². The van der Waals surface area contributed by atoms with Crippen LogP contribution in [-0.4, -0.2) is 53.8 Å². The quantitative estimate of drug-likeness (QED) is 0.800. The van der Waals surface area contributed by atoms with E-state index in [1.165, 1.54) is 0 Å². The molecule has 2 saturated heterocycles. The number of piperidine rings is 1. The fraction of sp³-hybridized carbons (Fsp3) is 0.550. The number of halogens is 3. The van der Waals surface area contributed by atoms with Crippen molar-refractivity contribution in [3.05, 3.63) is 23.4 Å². The molecule has 7 nitrogen and oxygen atoms in total. The third-order valence-corrected chi connectivity index (χ3v) is 6.08. The average Bonchev–Trinajstić information content (AvgIpc) is 3.12. The Morgan fingerprint density at radius 3 is 2.60 bits per heavy atom. The molecule has 0 unspecified atom stereocenters. The molecule has 0 bridgehead atoms. The van der Waals surface area contributed by atoms with E-state index in [9.17, 15) is 13.2 Å². The highest BCUT2D eigenvalue weighted by atomic mass is 19.4. The molecule has 0 radical (unpaired) electrons. The summed E-state index contributed by atoms with van der Waals surface area (Å²) in [5.74, 6) is 1.34. The molecule has 2 N–H and O–H groups in total. The topological polar surface area (TPSA) is 80.4 Å². The van der Waals surface area contributed by atoms with Gasteiger partial charge in [0.15, 0.2) is 5.82 Å². The fourth-order valence-electron chi connectivity index (χ4n) is 4.65. The Balaban J connectivity index is 1.68. The van der Waals surface area contributed by atoms with Gasteiger partial charge in [-0.05, 0) is 25.3 Å². The number of morpholine rings is 1. The number of hydrogen-bond donors (Lipinski definition) is 1. The molecule has 10 heteroatoms. The van der Waals surface area contributed by atoms with Gasteiger partial charge in [-0.15, -0.1) is 0 Å². The standard InChI is InChI=1S/C20H23F3N6O/c21-20(22,23)15-10-16(24)25-11-14(15)17-26-18(28-5-7-30-8-6-28)13-9-12-3-1-2-4-29(12)19(13)27-17/h10-12H,1-9H2,(H2,24,25)/t12-/m0/s1. The minimum absolute atomic E-state index is 0.0429. The van der Waals surface area contributed by atoms with Crippen molar-refractivity contribution in [3.63, 3.8) is 0 Å². The Kier molecular flexibility index (Phi) is 4.68. The normalized spacial score (nSPS) is 21.5. The van der Waals surface area contributed by atoms with Gasteiger partial charge in [0, 0.05) is 43.9 Å². The summed E-state index contributed by atoms with van der Waals surface area (Å²) in [7, 11) is 0. The van der Waals surface area contributed by atoms with Gasteiger partial charge in [0.05, 0.1) is 24.3 Å². The molecule has 0 spiro atoms. The largest absolute Gasteiger partial charge is 0.417 e. The van der Waals surface area contributed by atoms with Crippen LogP contribution >= 0.6 is 0 Å². The number of hydrogen-bond acceptors (Lipinski definition) is 7. The number of ether oxygens (including phenoxy) is 1. The van der Waals surface area contributed by atoms with Crippen molar-refractivity contribution in [2.24, 2.45) is 0 Å². The molecule has 0 saturated carbocycles. The van der Waals surface area contributed by atoms with Crippen molar-refractivity contribution in [3.8, 4) is 11.4 Å². The molecule has 0 aromatic carbocycles. The molecule has 3 aliphatic heterocycles. The van der Waals surface area contributed by atoms with Gasteiger partial charge >= 0.3 is 6.18 Å². The molecule has 1 atom stereocenters. The second kappa shape index (κ2) is 7.26. The van der Waals surface area contributed by atoms with E-state index >= 15 is 0 Å². The highest BCUT2D eigenvalue weighted by Crippen LogP contribution is 2.43. The van der Waals surface area contributed by atoms with E-state index in [0.717, 1.165) is 61.7 Å². The van der Waals surface area contributed by atoms with E-state index < -0.39 is 11.7 Å². The zero-order valence-electron chi connectivity index (χ0n) is 16.5. The van der Waals surface area contributed by atoms with E-state index in [1.54, 1.807) is 0 Å². The lowest BCUT2D eigenvalue weighted by Gasteiger charge is -2.31. The minimum Gasteiger partial charge on any atom is -0.384 e. The molecule has 30 heavy (non-hydrogen) atoms. The number of aromatic nitrogens is 3. The lowest BCUT2D eigenvalue weighted by Crippen LogP contribution is -2.37. The van der Waals surface area contributed by atoms with Gasteiger partial charge in [-0.3, -0.25) is 0 Å². The summed E-state index contributed by atoms with van der Waals surface area (Å²) >= 11 is 0. The maximum atomic E-state index is 13.7. The first-order chi connectivity index (χ1) is 14.4. The third kappa shape index (κ3) is 3.32. The number of rotatable bonds is 2. The van der Waals surface area contributed by atoms with Crippen molar-refractivity contribution in [2.75, 3.05) is 48.4 Å². The van der Waals surface area contributed by atoms with E-state index in [4.69, 9.17) is 10.5 Å². The smallest absolute Gasteiger partial charge is 0.384 e. The van der Waals surface area contributed by atoms with E-state index in [1.807, 2.05) is 0 Å². The second-order valence-corrected chi connectivity index (χ2v) is 7.97. The van der Waals surface area contributed by atoms with Crippen LogP contribution < -0.4 is 15.5 Å². The molecule has 0 aliphatic carbocycles. The molecular weight excluding hydrogens is 397 g/mol. The van der Waals surface area contributed by atoms with E-state index in [2.05, 4.69) is 24.8 Å². The predicted molar refractivity (Wildman–Crippen MR) is 106 cm³/mol. The minimum atomic E-state index is -4.58. The van der Waals surface area contributed by atoms with Crippen LogP contribution in [0, 0.1) is 0 Å². The average molecular weight is 420 g/mol. The Bertz CT molecular complexity index is 960. The van der Waals surface area contributed by atoms with Gasteiger partial charge in [-0.25, -0.2) is 15.0 Å². The Labute approximate surface area is 172 Å². The summed E-state index contributed by atoms with van der Waals surface area (Å²) in [4.78, 5) is 17.5. The van der Waals surface area contributed by atoms with Gasteiger partial charge in [-0.1, -0.05) is 0 Å². The summed E-state index contributed by atoms with van der Waals surface area (Å²) in [6.45, 7) is 3.30. The van der Waals surface area contributed by atoms with Crippen LogP contribution in [0.4, 0.5) is 30.6 Å². The SMILES string of the molecule is Nc1cc(C(F)(F)F)c(-c2nc(N3CCOCC3)c3c(n2)N2CCCC[C@H]2C3)cn1. The van der Waals surface area contributed by atoms with Crippen molar-refractivity contribution in [1.29, 1.82) is 0 Å². The molecular formula is C20H23F3N6O. The maximum Gasteiger partial charge on any atom is 0.417 e. The molecule has 3 aliphatic rings. The number of fused-ring (bicyclic) bond motifs is 3. The van der Waals surface area contributed by atoms with Crippen LogP contribution in [0.3, 0.4) is 0 Å². The number of anilines is 3. The molecule has 160 valence electrons. The summed E-state index contributed by atoms with van der Waals surface area (Å²) in [5, 5.41) is 0. The van der Waals surface area contributed by atoms with Gasteiger partial charge in [0.25, 0.3) is 0 Å². The number of nitrogens with two attached hydrogens (primary N) is 1. The van der Waals surface area contributed by atoms with Crippen molar-refractivity contribution in [1.82, 2.24) is 15.0 Å². The van der Waals surface area contributed by atoms with Gasteiger partial charge < -0.3 is 20.3 Å². The van der Waals surface area contributed by atoms with Gasteiger partial charge in [-0.2, -0.15) is 13.2 Å². The predicted octanol–water partition coefficient (Wildman–Crippen LogP) is 2.89. The molecule has 2 aromatic rings. The van der Waals surface area contributed by atoms with Crippen LogP contribution in [0.2, 0.25) is 0 Å². The summed E-state index contributed by atoms with van der Waals surface area (Å²) in [6.07, 6.45) is 0.648. The molecule has 5 rings (SSSR count). The van der Waals surface area contributed by atoms with E-state index in [0.29, 0.717) is 32.3 Å². The molecule has 2 fully saturated rings. The lowest BCUT2D eigenvalue weighted by atomic mass is 10.0. The Morgan fingerprint density at radius 2 is 1.83 bits per heavy atom. The molecule has 0 amide bonds. The van der Waals surface area contributed by atoms with Gasteiger partial charge in [0.2, 0.25) is 0 Å². The van der Waals surface area contributed by atoms with Crippen LogP contribution in [0.5, 0.6) is 0 Å². The first-order valence-corrected chi connectivity index (χ1v) is 10.2. The zero-order chi connectivity index (χ0) is 20.9. The zero-order valence-corrected chi connectivity index (χ0v) is 16.5. The monoisotopic (exact) mass is 420 g/mol. The number of nitrogen functional groups attached to an aromatic ring is 1. The molecule has 2 aromatic heterocycles.